The SMILES string of the molecule is CCCNCC(C)=Cc1ccc(OC)c(F)c1. The molecular weight excluding hydrogens is 217 g/mol. The molecule has 0 aliphatic rings. The Morgan fingerprint density at radius 2 is 2.24 bits per heavy atom. The molecule has 1 N–H and O–H groups in total. The van der Waals surface area contributed by atoms with Crippen LogP contribution in [-0.2, 0) is 0 Å². The van der Waals surface area contributed by atoms with E-state index in [1.807, 2.05) is 19.1 Å². The van der Waals surface area contributed by atoms with Gasteiger partial charge in [0.2, 0.25) is 0 Å². The largest absolute Gasteiger partial charge is 0.494 e. The minimum Gasteiger partial charge on any atom is -0.494 e. The summed E-state index contributed by atoms with van der Waals surface area (Å²) in [4.78, 5) is 0. The number of rotatable bonds is 6. The van der Waals surface area contributed by atoms with Crippen molar-refractivity contribution in [2.45, 2.75) is 20.3 Å². The Balaban J connectivity index is 2.66. The van der Waals surface area contributed by atoms with E-state index in [0.29, 0.717) is 0 Å². The number of benzene rings is 1. The zero-order chi connectivity index (χ0) is 12.7. The Morgan fingerprint density at radius 3 is 2.82 bits per heavy atom. The molecule has 0 aliphatic carbocycles. The van der Waals surface area contributed by atoms with Crippen LogP contribution in [0.2, 0.25) is 0 Å². The molecule has 1 aromatic rings. The van der Waals surface area contributed by atoms with Gasteiger partial charge < -0.3 is 10.1 Å². The summed E-state index contributed by atoms with van der Waals surface area (Å²) in [7, 11) is 1.47. The lowest BCUT2D eigenvalue weighted by Gasteiger charge is -2.05. The first-order valence-corrected chi connectivity index (χ1v) is 5.88. The maximum atomic E-state index is 13.4. The lowest BCUT2D eigenvalue weighted by Crippen LogP contribution is -2.16. The molecule has 0 fully saturated rings. The summed E-state index contributed by atoms with van der Waals surface area (Å²) >= 11 is 0. The normalized spacial score (nSPS) is 11.6. The van der Waals surface area contributed by atoms with Crippen LogP contribution >= 0.6 is 0 Å². The van der Waals surface area contributed by atoms with Crippen LogP contribution in [0.15, 0.2) is 23.8 Å². The van der Waals surface area contributed by atoms with E-state index in [2.05, 4.69) is 12.2 Å². The van der Waals surface area contributed by atoms with E-state index in [1.54, 1.807) is 6.07 Å². The molecule has 0 bridgehead atoms. The fourth-order valence-corrected chi connectivity index (χ4v) is 1.57. The second kappa shape index (κ2) is 7.07. The number of nitrogens with one attached hydrogen (secondary N) is 1. The quantitative estimate of drug-likeness (QED) is 0.767. The Labute approximate surface area is 102 Å². The lowest BCUT2D eigenvalue weighted by molar-refractivity contribution is 0.386. The monoisotopic (exact) mass is 237 g/mol. The number of methoxy groups -OCH3 is 1. The van der Waals surface area contributed by atoms with E-state index in [4.69, 9.17) is 4.74 Å². The van der Waals surface area contributed by atoms with Gasteiger partial charge in [-0.05, 0) is 37.6 Å². The summed E-state index contributed by atoms with van der Waals surface area (Å²) < 4.78 is 18.3. The molecule has 1 aromatic carbocycles. The summed E-state index contributed by atoms with van der Waals surface area (Å²) in [6.07, 6.45) is 3.09. The number of halogens is 1. The van der Waals surface area contributed by atoms with E-state index in [9.17, 15) is 4.39 Å². The van der Waals surface area contributed by atoms with E-state index < -0.39 is 0 Å². The van der Waals surface area contributed by atoms with Crippen LogP contribution < -0.4 is 10.1 Å². The molecule has 0 aromatic heterocycles. The number of ether oxygens (including phenoxy) is 1. The van der Waals surface area contributed by atoms with Gasteiger partial charge in [0, 0.05) is 6.54 Å². The van der Waals surface area contributed by atoms with Gasteiger partial charge in [-0.2, -0.15) is 0 Å². The fraction of sp³-hybridized carbons (Fsp3) is 0.429. The topological polar surface area (TPSA) is 21.3 Å². The zero-order valence-electron chi connectivity index (χ0n) is 10.7. The van der Waals surface area contributed by atoms with Crippen LogP contribution in [0.3, 0.4) is 0 Å². The molecule has 0 spiro atoms. The van der Waals surface area contributed by atoms with Gasteiger partial charge in [-0.1, -0.05) is 24.6 Å². The molecule has 0 amide bonds. The summed E-state index contributed by atoms with van der Waals surface area (Å²) in [5.41, 5.74) is 2.04. The van der Waals surface area contributed by atoms with Crippen LogP contribution in [0.4, 0.5) is 4.39 Å². The number of hydrogen-bond donors (Lipinski definition) is 1. The Morgan fingerprint density at radius 1 is 1.47 bits per heavy atom. The van der Waals surface area contributed by atoms with Crippen molar-refractivity contribution in [2.24, 2.45) is 0 Å². The molecule has 3 heteroatoms. The molecule has 0 heterocycles. The molecule has 17 heavy (non-hydrogen) atoms. The average molecular weight is 237 g/mol. The second-order valence-corrected chi connectivity index (χ2v) is 4.06. The first-order valence-electron chi connectivity index (χ1n) is 5.88. The molecule has 0 unspecified atom stereocenters. The molecular formula is C14H20FNO. The summed E-state index contributed by atoms with van der Waals surface area (Å²) in [6, 6.07) is 4.99. The average Bonchev–Trinajstić information content (AvgIpc) is 2.29. The third-order valence-electron chi connectivity index (χ3n) is 2.42. The summed E-state index contributed by atoms with van der Waals surface area (Å²) in [6.45, 7) is 6.00. The van der Waals surface area contributed by atoms with Gasteiger partial charge in [-0.3, -0.25) is 0 Å². The molecule has 0 saturated heterocycles. The maximum Gasteiger partial charge on any atom is 0.165 e. The van der Waals surface area contributed by atoms with Crippen LogP contribution in [0.1, 0.15) is 25.8 Å². The van der Waals surface area contributed by atoms with Gasteiger partial charge in [0.25, 0.3) is 0 Å². The fourth-order valence-electron chi connectivity index (χ4n) is 1.57. The van der Waals surface area contributed by atoms with Gasteiger partial charge in [-0.15, -0.1) is 0 Å². The van der Waals surface area contributed by atoms with Crippen molar-refractivity contribution in [2.75, 3.05) is 20.2 Å². The maximum absolute atomic E-state index is 13.4. The summed E-state index contributed by atoms with van der Waals surface area (Å²) in [5.74, 6) is -0.0421. The van der Waals surface area contributed by atoms with E-state index in [1.165, 1.54) is 18.7 Å². The van der Waals surface area contributed by atoms with Crippen molar-refractivity contribution in [1.29, 1.82) is 0 Å². The lowest BCUT2D eigenvalue weighted by atomic mass is 10.1. The van der Waals surface area contributed by atoms with Crippen molar-refractivity contribution < 1.29 is 9.13 Å². The highest BCUT2D eigenvalue weighted by atomic mass is 19.1. The van der Waals surface area contributed by atoms with Crippen LogP contribution in [-0.4, -0.2) is 20.2 Å². The molecule has 0 radical (unpaired) electrons. The van der Waals surface area contributed by atoms with Gasteiger partial charge in [-0.25, -0.2) is 4.39 Å². The molecule has 0 aliphatic heterocycles. The molecule has 94 valence electrons. The van der Waals surface area contributed by atoms with Crippen molar-refractivity contribution in [3.63, 3.8) is 0 Å². The minimum atomic E-state index is -0.324. The summed E-state index contributed by atoms with van der Waals surface area (Å²) in [5, 5.41) is 3.31. The molecule has 0 atom stereocenters. The first kappa shape index (κ1) is 13.7. The van der Waals surface area contributed by atoms with Crippen LogP contribution in [0.5, 0.6) is 5.75 Å². The minimum absolute atomic E-state index is 0.281. The third-order valence-corrected chi connectivity index (χ3v) is 2.42. The van der Waals surface area contributed by atoms with Crippen LogP contribution in [0, 0.1) is 5.82 Å². The molecule has 2 nitrogen and oxygen atoms in total. The Bertz CT molecular complexity index is 388. The zero-order valence-corrected chi connectivity index (χ0v) is 10.7. The van der Waals surface area contributed by atoms with E-state index >= 15 is 0 Å². The Hall–Kier alpha value is -1.35. The van der Waals surface area contributed by atoms with Crippen molar-refractivity contribution >= 4 is 6.08 Å². The predicted molar refractivity (Wildman–Crippen MR) is 69.8 cm³/mol. The van der Waals surface area contributed by atoms with Crippen molar-refractivity contribution in [3.8, 4) is 5.75 Å². The standard InChI is InChI=1S/C14H20FNO/c1-4-7-16-10-11(2)8-12-5-6-14(17-3)13(15)9-12/h5-6,8-9,16H,4,7,10H2,1-3H3. The molecule has 0 saturated carbocycles. The van der Waals surface area contributed by atoms with Crippen molar-refractivity contribution in [1.82, 2.24) is 5.32 Å². The second-order valence-electron chi connectivity index (χ2n) is 4.06. The first-order chi connectivity index (χ1) is 8.17. The smallest absolute Gasteiger partial charge is 0.165 e. The van der Waals surface area contributed by atoms with Gasteiger partial charge >= 0.3 is 0 Å². The van der Waals surface area contributed by atoms with Crippen molar-refractivity contribution in [3.05, 3.63) is 35.2 Å². The highest BCUT2D eigenvalue weighted by molar-refractivity contribution is 5.54. The van der Waals surface area contributed by atoms with E-state index in [-0.39, 0.29) is 11.6 Å². The van der Waals surface area contributed by atoms with Gasteiger partial charge in [0.15, 0.2) is 11.6 Å². The molecule has 1 rings (SSSR count). The van der Waals surface area contributed by atoms with E-state index in [0.717, 1.165) is 25.1 Å². The predicted octanol–water partition coefficient (Wildman–Crippen LogP) is 3.24. The number of hydrogen-bond acceptors (Lipinski definition) is 2. The third kappa shape index (κ3) is 4.57. The van der Waals surface area contributed by atoms with Crippen LogP contribution in [0.25, 0.3) is 6.08 Å². The Kier molecular flexibility index (Phi) is 5.70. The highest BCUT2D eigenvalue weighted by Crippen LogP contribution is 2.19. The highest BCUT2D eigenvalue weighted by Gasteiger charge is 2.01. The van der Waals surface area contributed by atoms with Gasteiger partial charge in [0.1, 0.15) is 0 Å². The van der Waals surface area contributed by atoms with Gasteiger partial charge in [0.05, 0.1) is 7.11 Å².